The number of thiophene rings is 1. The standard InChI is InChI=1S/C19H17N3O4S/c23-17(7-9-20-18(24)13-8-11-27-12-13)21-14-3-5-15(6-4-14)22-19(25)16-2-1-10-26-16/h1-6,8,10-12H,7,9H2,(H,20,24)(H,21,23)(H,22,25). The van der Waals surface area contributed by atoms with Crippen molar-refractivity contribution >= 4 is 40.4 Å². The third kappa shape index (κ3) is 5.29. The lowest BCUT2D eigenvalue weighted by atomic mass is 10.2. The Morgan fingerprint density at radius 1 is 0.926 bits per heavy atom. The molecule has 2 aromatic heterocycles. The lowest BCUT2D eigenvalue weighted by Gasteiger charge is -2.08. The highest BCUT2D eigenvalue weighted by Crippen LogP contribution is 2.15. The number of hydrogen-bond donors (Lipinski definition) is 3. The molecule has 3 amide bonds. The zero-order chi connectivity index (χ0) is 19.1. The van der Waals surface area contributed by atoms with Crippen LogP contribution in [0.5, 0.6) is 0 Å². The molecule has 0 fully saturated rings. The van der Waals surface area contributed by atoms with Crippen LogP contribution < -0.4 is 16.0 Å². The van der Waals surface area contributed by atoms with Gasteiger partial charge in [0.25, 0.3) is 11.8 Å². The fourth-order valence-corrected chi connectivity index (χ4v) is 2.88. The molecule has 0 spiro atoms. The maximum atomic E-state index is 12.0. The van der Waals surface area contributed by atoms with Gasteiger partial charge in [0, 0.05) is 35.3 Å². The van der Waals surface area contributed by atoms with E-state index in [4.69, 9.17) is 4.42 Å². The smallest absolute Gasteiger partial charge is 0.291 e. The topological polar surface area (TPSA) is 100 Å². The zero-order valence-electron chi connectivity index (χ0n) is 14.2. The minimum absolute atomic E-state index is 0.160. The summed E-state index contributed by atoms with van der Waals surface area (Å²) in [4.78, 5) is 35.6. The second kappa shape index (κ2) is 8.81. The van der Waals surface area contributed by atoms with Crippen LogP contribution in [-0.4, -0.2) is 24.3 Å². The van der Waals surface area contributed by atoms with Gasteiger partial charge in [-0.3, -0.25) is 14.4 Å². The Hall–Kier alpha value is -3.39. The lowest BCUT2D eigenvalue weighted by Crippen LogP contribution is -2.27. The summed E-state index contributed by atoms with van der Waals surface area (Å²) in [6.45, 7) is 0.248. The number of nitrogens with one attached hydrogen (secondary N) is 3. The van der Waals surface area contributed by atoms with Gasteiger partial charge < -0.3 is 20.4 Å². The third-order valence-corrected chi connectivity index (χ3v) is 4.28. The van der Waals surface area contributed by atoms with E-state index in [0.29, 0.717) is 16.9 Å². The van der Waals surface area contributed by atoms with E-state index in [1.165, 1.54) is 17.6 Å². The Balaban J connectivity index is 1.43. The fraction of sp³-hybridized carbons (Fsp3) is 0.105. The van der Waals surface area contributed by atoms with Crippen LogP contribution in [0.1, 0.15) is 27.3 Å². The lowest BCUT2D eigenvalue weighted by molar-refractivity contribution is -0.116. The number of benzene rings is 1. The molecule has 0 saturated heterocycles. The Labute approximate surface area is 159 Å². The number of carbonyl (C=O) groups excluding carboxylic acids is 3. The molecule has 0 aliphatic rings. The van der Waals surface area contributed by atoms with E-state index in [1.807, 2.05) is 5.38 Å². The Morgan fingerprint density at radius 2 is 1.67 bits per heavy atom. The van der Waals surface area contributed by atoms with Crippen molar-refractivity contribution in [2.75, 3.05) is 17.2 Å². The summed E-state index contributed by atoms with van der Waals surface area (Å²) in [6.07, 6.45) is 1.59. The van der Waals surface area contributed by atoms with Gasteiger partial charge in [0.2, 0.25) is 5.91 Å². The van der Waals surface area contributed by atoms with Crippen LogP contribution in [0.4, 0.5) is 11.4 Å². The normalized spacial score (nSPS) is 10.2. The summed E-state index contributed by atoms with van der Waals surface area (Å²) in [7, 11) is 0. The number of amides is 3. The van der Waals surface area contributed by atoms with E-state index in [2.05, 4.69) is 16.0 Å². The molecule has 2 heterocycles. The summed E-state index contributed by atoms with van der Waals surface area (Å²) < 4.78 is 5.02. The van der Waals surface area contributed by atoms with E-state index in [1.54, 1.807) is 47.8 Å². The number of furan rings is 1. The SMILES string of the molecule is O=C(CCNC(=O)c1ccsc1)Nc1ccc(NC(=O)c2ccco2)cc1. The van der Waals surface area contributed by atoms with Crippen molar-refractivity contribution in [1.82, 2.24) is 5.32 Å². The summed E-state index contributed by atoms with van der Waals surface area (Å²) in [5.41, 5.74) is 1.77. The molecule has 0 saturated carbocycles. The second-order valence-electron chi connectivity index (χ2n) is 5.57. The molecular formula is C19H17N3O4S. The number of hydrogen-bond acceptors (Lipinski definition) is 5. The molecule has 0 aliphatic heterocycles. The first-order chi connectivity index (χ1) is 13.1. The fourth-order valence-electron chi connectivity index (χ4n) is 2.25. The van der Waals surface area contributed by atoms with Gasteiger partial charge in [-0.15, -0.1) is 0 Å². The highest BCUT2D eigenvalue weighted by molar-refractivity contribution is 7.08. The van der Waals surface area contributed by atoms with Crippen molar-refractivity contribution in [3.05, 3.63) is 70.8 Å². The van der Waals surface area contributed by atoms with Crippen LogP contribution in [0.3, 0.4) is 0 Å². The molecule has 3 aromatic rings. The summed E-state index contributed by atoms with van der Waals surface area (Å²) in [6, 6.07) is 11.6. The van der Waals surface area contributed by atoms with Crippen LogP contribution in [-0.2, 0) is 4.79 Å². The maximum absolute atomic E-state index is 12.0. The monoisotopic (exact) mass is 383 g/mol. The van der Waals surface area contributed by atoms with Crippen molar-refractivity contribution < 1.29 is 18.8 Å². The van der Waals surface area contributed by atoms with Crippen molar-refractivity contribution in [3.8, 4) is 0 Å². The first-order valence-electron chi connectivity index (χ1n) is 8.17. The van der Waals surface area contributed by atoms with Gasteiger partial charge >= 0.3 is 0 Å². The average Bonchev–Trinajstić information content (AvgIpc) is 3.37. The van der Waals surface area contributed by atoms with Gasteiger partial charge in [0.05, 0.1) is 6.26 Å². The predicted molar refractivity (Wildman–Crippen MR) is 103 cm³/mol. The molecule has 0 bridgehead atoms. The molecule has 0 aliphatic carbocycles. The molecule has 0 radical (unpaired) electrons. The summed E-state index contributed by atoms with van der Waals surface area (Å²) >= 11 is 1.44. The van der Waals surface area contributed by atoms with Gasteiger partial charge in [0.15, 0.2) is 5.76 Å². The number of anilines is 2. The van der Waals surface area contributed by atoms with E-state index >= 15 is 0 Å². The van der Waals surface area contributed by atoms with Crippen molar-refractivity contribution in [1.29, 1.82) is 0 Å². The van der Waals surface area contributed by atoms with Crippen molar-refractivity contribution in [2.45, 2.75) is 6.42 Å². The Bertz CT molecular complexity index is 903. The summed E-state index contributed by atoms with van der Waals surface area (Å²) in [5.74, 6) is -0.538. The molecule has 1 aromatic carbocycles. The third-order valence-electron chi connectivity index (χ3n) is 3.59. The zero-order valence-corrected chi connectivity index (χ0v) is 15.0. The predicted octanol–water partition coefficient (Wildman–Crippen LogP) is 3.35. The van der Waals surface area contributed by atoms with Gasteiger partial charge in [-0.05, 0) is 47.8 Å². The van der Waals surface area contributed by atoms with E-state index < -0.39 is 0 Å². The van der Waals surface area contributed by atoms with Crippen LogP contribution in [0.2, 0.25) is 0 Å². The quantitative estimate of drug-likeness (QED) is 0.582. The molecule has 3 rings (SSSR count). The van der Waals surface area contributed by atoms with Crippen molar-refractivity contribution in [2.24, 2.45) is 0 Å². The first kappa shape index (κ1) is 18.4. The highest BCUT2D eigenvalue weighted by atomic mass is 32.1. The van der Waals surface area contributed by atoms with Gasteiger partial charge in [-0.2, -0.15) is 11.3 Å². The van der Waals surface area contributed by atoms with Crippen molar-refractivity contribution in [3.63, 3.8) is 0 Å². The molecule has 0 atom stereocenters. The maximum Gasteiger partial charge on any atom is 0.291 e. The highest BCUT2D eigenvalue weighted by Gasteiger charge is 2.09. The Kier molecular flexibility index (Phi) is 6.01. The average molecular weight is 383 g/mol. The molecule has 138 valence electrons. The Morgan fingerprint density at radius 3 is 2.30 bits per heavy atom. The van der Waals surface area contributed by atoms with Crippen LogP contribution in [0.25, 0.3) is 0 Å². The molecule has 8 heteroatoms. The molecular weight excluding hydrogens is 366 g/mol. The van der Waals surface area contributed by atoms with E-state index in [9.17, 15) is 14.4 Å². The molecule has 7 nitrogen and oxygen atoms in total. The van der Waals surface area contributed by atoms with Crippen LogP contribution in [0.15, 0.2) is 63.9 Å². The second-order valence-corrected chi connectivity index (χ2v) is 6.35. The number of carbonyl (C=O) groups is 3. The van der Waals surface area contributed by atoms with Gasteiger partial charge in [-0.25, -0.2) is 0 Å². The molecule has 27 heavy (non-hydrogen) atoms. The molecule has 3 N–H and O–H groups in total. The molecule has 0 unspecified atom stereocenters. The van der Waals surface area contributed by atoms with Crippen LogP contribution in [0, 0.1) is 0 Å². The van der Waals surface area contributed by atoms with E-state index in [-0.39, 0.29) is 36.4 Å². The largest absolute Gasteiger partial charge is 0.459 e. The van der Waals surface area contributed by atoms with E-state index in [0.717, 1.165) is 0 Å². The van der Waals surface area contributed by atoms with Crippen LogP contribution >= 0.6 is 11.3 Å². The first-order valence-corrected chi connectivity index (χ1v) is 9.11. The summed E-state index contributed by atoms with van der Waals surface area (Å²) in [5, 5.41) is 11.7. The number of rotatable bonds is 7. The van der Waals surface area contributed by atoms with Gasteiger partial charge in [0.1, 0.15) is 0 Å². The minimum atomic E-state index is -0.349. The van der Waals surface area contributed by atoms with Gasteiger partial charge in [-0.1, -0.05) is 0 Å². The minimum Gasteiger partial charge on any atom is -0.459 e.